The van der Waals surface area contributed by atoms with E-state index in [2.05, 4.69) is 22.5 Å². The summed E-state index contributed by atoms with van der Waals surface area (Å²) in [4.78, 5) is 14.6. The van der Waals surface area contributed by atoms with Crippen LogP contribution in [-0.2, 0) is 0 Å². The summed E-state index contributed by atoms with van der Waals surface area (Å²) in [5, 5.41) is 11.7. The second-order valence-electron chi connectivity index (χ2n) is 4.36. The molecular formula is C13H15FN2O2. The molecule has 1 aliphatic rings. The standard InChI is InChI=1S/C13H15FN2O2/c14-11-10(13(17)18)6-7-15-12(11)16-8-9-4-2-1-3-5-9/h1-2,6-7,9H,3-5,8H2,(H,15,16)(H,17,18). The lowest BCUT2D eigenvalue weighted by Gasteiger charge is -2.18. The van der Waals surface area contributed by atoms with Crippen molar-refractivity contribution in [3.05, 3.63) is 35.8 Å². The van der Waals surface area contributed by atoms with Crippen LogP contribution in [0.25, 0.3) is 0 Å². The fourth-order valence-electron chi connectivity index (χ4n) is 2.01. The maximum atomic E-state index is 13.8. The van der Waals surface area contributed by atoms with Crippen LogP contribution in [0.4, 0.5) is 10.2 Å². The number of carboxylic acids is 1. The number of allylic oxidation sites excluding steroid dienone is 2. The van der Waals surface area contributed by atoms with E-state index in [4.69, 9.17) is 5.11 Å². The molecule has 5 heteroatoms. The minimum atomic E-state index is -1.28. The molecule has 2 N–H and O–H groups in total. The number of hydrogen-bond donors (Lipinski definition) is 2. The van der Waals surface area contributed by atoms with Gasteiger partial charge in [-0.15, -0.1) is 0 Å². The van der Waals surface area contributed by atoms with Gasteiger partial charge >= 0.3 is 5.97 Å². The van der Waals surface area contributed by atoms with Crippen molar-refractivity contribution in [2.24, 2.45) is 5.92 Å². The fourth-order valence-corrected chi connectivity index (χ4v) is 2.01. The number of carboxylic acid groups (broad SMARTS) is 1. The number of aromatic carboxylic acids is 1. The molecule has 0 aliphatic heterocycles. The highest BCUT2D eigenvalue weighted by Crippen LogP contribution is 2.20. The Morgan fingerprint density at radius 1 is 1.56 bits per heavy atom. The zero-order valence-corrected chi connectivity index (χ0v) is 9.90. The lowest BCUT2D eigenvalue weighted by molar-refractivity contribution is 0.0692. The Morgan fingerprint density at radius 3 is 3.06 bits per heavy atom. The molecule has 0 amide bonds. The van der Waals surface area contributed by atoms with Crippen LogP contribution < -0.4 is 5.32 Å². The van der Waals surface area contributed by atoms with Gasteiger partial charge in [-0.05, 0) is 31.2 Å². The number of aromatic nitrogens is 1. The number of carbonyl (C=O) groups is 1. The van der Waals surface area contributed by atoms with Gasteiger partial charge in [0, 0.05) is 12.7 Å². The average molecular weight is 250 g/mol. The number of pyridine rings is 1. The van der Waals surface area contributed by atoms with Gasteiger partial charge in [0.15, 0.2) is 11.6 Å². The van der Waals surface area contributed by atoms with Gasteiger partial charge in [0.05, 0.1) is 0 Å². The third kappa shape index (κ3) is 2.85. The summed E-state index contributed by atoms with van der Waals surface area (Å²) < 4.78 is 13.8. The van der Waals surface area contributed by atoms with E-state index in [0.717, 1.165) is 25.3 Å². The van der Waals surface area contributed by atoms with Crippen LogP contribution >= 0.6 is 0 Å². The van der Waals surface area contributed by atoms with E-state index >= 15 is 0 Å². The molecule has 1 aromatic heterocycles. The molecular weight excluding hydrogens is 235 g/mol. The highest BCUT2D eigenvalue weighted by atomic mass is 19.1. The minimum absolute atomic E-state index is 0.0180. The topological polar surface area (TPSA) is 62.2 Å². The molecule has 96 valence electrons. The molecule has 0 fully saturated rings. The van der Waals surface area contributed by atoms with Crippen LogP contribution in [-0.4, -0.2) is 22.6 Å². The Bertz CT molecular complexity index is 474. The quantitative estimate of drug-likeness (QED) is 0.806. The van der Waals surface area contributed by atoms with Crippen LogP contribution in [0.1, 0.15) is 29.6 Å². The second kappa shape index (κ2) is 5.62. The summed E-state index contributed by atoms with van der Waals surface area (Å²) in [7, 11) is 0. The number of hydrogen-bond acceptors (Lipinski definition) is 3. The van der Waals surface area contributed by atoms with Crippen molar-refractivity contribution >= 4 is 11.8 Å². The van der Waals surface area contributed by atoms with E-state index in [9.17, 15) is 9.18 Å². The first kappa shape index (κ1) is 12.5. The summed E-state index contributed by atoms with van der Waals surface area (Å²) >= 11 is 0. The number of nitrogens with zero attached hydrogens (tertiary/aromatic N) is 1. The van der Waals surface area contributed by atoms with Crippen molar-refractivity contribution in [1.82, 2.24) is 4.98 Å². The lowest BCUT2D eigenvalue weighted by atomic mass is 9.94. The first-order chi connectivity index (χ1) is 8.68. The molecule has 1 unspecified atom stereocenters. The number of nitrogens with one attached hydrogen (secondary N) is 1. The van der Waals surface area contributed by atoms with Gasteiger partial charge in [-0.25, -0.2) is 14.2 Å². The van der Waals surface area contributed by atoms with E-state index in [-0.39, 0.29) is 11.4 Å². The molecule has 1 atom stereocenters. The summed E-state index contributed by atoms with van der Waals surface area (Å²) in [5.41, 5.74) is -0.351. The van der Waals surface area contributed by atoms with Crippen molar-refractivity contribution in [3.63, 3.8) is 0 Å². The lowest BCUT2D eigenvalue weighted by Crippen LogP contribution is -2.17. The first-order valence-corrected chi connectivity index (χ1v) is 5.95. The van der Waals surface area contributed by atoms with Gasteiger partial charge in [0.2, 0.25) is 0 Å². The van der Waals surface area contributed by atoms with Gasteiger partial charge in [-0.2, -0.15) is 0 Å². The molecule has 18 heavy (non-hydrogen) atoms. The molecule has 0 aromatic carbocycles. The molecule has 1 aliphatic carbocycles. The van der Waals surface area contributed by atoms with Crippen LogP contribution in [0.2, 0.25) is 0 Å². The molecule has 1 aromatic rings. The van der Waals surface area contributed by atoms with Crippen molar-refractivity contribution in [2.75, 3.05) is 11.9 Å². The normalized spacial score (nSPS) is 18.6. The highest BCUT2D eigenvalue weighted by molar-refractivity contribution is 5.88. The fraction of sp³-hybridized carbons (Fsp3) is 0.385. The predicted octanol–water partition coefficient (Wildman–Crippen LogP) is 2.69. The molecule has 0 radical (unpaired) electrons. The smallest absolute Gasteiger partial charge is 0.338 e. The SMILES string of the molecule is O=C(O)c1ccnc(NCC2CC=CCC2)c1F. The van der Waals surface area contributed by atoms with E-state index in [1.165, 1.54) is 6.20 Å². The molecule has 0 bridgehead atoms. The van der Waals surface area contributed by atoms with Gasteiger partial charge in [0.1, 0.15) is 5.56 Å². The third-order valence-corrected chi connectivity index (χ3v) is 3.06. The van der Waals surface area contributed by atoms with Gasteiger partial charge in [-0.1, -0.05) is 12.2 Å². The van der Waals surface area contributed by atoms with Crippen molar-refractivity contribution < 1.29 is 14.3 Å². The first-order valence-electron chi connectivity index (χ1n) is 5.95. The van der Waals surface area contributed by atoms with Crippen molar-refractivity contribution in [1.29, 1.82) is 0 Å². The van der Waals surface area contributed by atoms with Crippen LogP contribution in [0.5, 0.6) is 0 Å². The number of rotatable bonds is 4. The molecule has 1 heterocycles. The highest BCUT2D eigenvalue weighted by Gasteiger charge is 2.16. The molecule has 2 rings (SSSR count). The van der Waals surface area contributed by atoms with E-state index < -0.39 is 11.8 Å². The summed E-state index contributed by atoms with van der Waals surface area (Å²) in [6, 6.07) is 1.16. The minimum Gasteiger partial charge on any atom is -0.478 e. The van der Waals surface area contributed by atoms with Gasteiger partial charge < -0.3 is 10.4 Å². The average Bonchev–Trinajstić information content (AvgIpc) is 2.38. The Balaban J connectivity index is 2.03. The van der Waals surface area contributed by atoms with Gasteiger partial charge in [-0.3, -0.25) is 0 Å². The van der Waals surface area contributed by atoms with Crippen molar-refractivity contribution in [2.45, 2.75) is 19.3 Å². The Labute approximate surface area is 105 Å². The Morgan fingerprint density at radius 2 is 2.39 bits per heavy atom. The second-order valence-corrected chi connectivity index (χ2v) is 4.36. The maximum Gasteiger partial charge on any atom is 0.338 e. The summed E-state index contributed by atoms with van der Waals surface area (Å²) in [6.45, 7) is 0.608. The molecule has 0 spiro atoms. The summed E-state index contributed by atoms with van der Waals surface area (Å²) in [6.07, 6.45) is 8.62. The van der Waals surface area contributed by atoms with E-state index in [0.29, 0.717) is 12.5 Å². The molecule has 4 nitrogen and oxygen atoms in total. The zero-order chi connectivity index (χ0) is 13.0. The Kier molecular flexibility index (Phi) is 3.92. The van der Waals surface area contributed by atoms with E-state index in [1.807, 2.05) is 0 Å². The van der Waals surface area contributed by atoms with Gasteiger partial charge in [0.25, 0.3) is 0 Å². The van der Waals surface area contributed by atoms with E-state index in [1.54, 1.807) is 0 Å². The molecule has 0 saturated carbocycles. The van der Waals surface area contributed by atoms with Crippen molar-refractivity contribution in [3.8, 4) is 0 Å². The number of halogens is 1. The largest absolute Gasteiger partial charge is 0.478 e. The van der Waals surface area contributed by atoms with Crippen LogP contribution in [0.3, 0.4) is 0 Å². The maximum absolute atomic E-state index is 13.8. The predicted molar refractivity (Wildman–Crippen MR) is 66.1 cm³/mol. The number of anilines is 1. The van der Waals surface area contributed by atoms with Crippen LogP contribution in [0.15, 0.2) is 24.4 Å². The molecule has 0 saturated heterocycles. The monoisotopic (exact) mass is 250 g/mol. The zero-order valence-electron chi connectivity index (χ0n) is 9.90. The summed E-state index contributed by atoms with van der Waals surface area (Å²) in [5.74, 6) is -1.61. The third-order valence-electron chi connectivity index (χ3n) is 3.06. The van der Waals surface area contributed by atoms with Crippen LogP contribution in [0, 0.1) is 11.7 Å². The Hall–Kier alpha value is -1.91.